The van der Waals surface area contributed by atoms with Gasteiger partial charge in [0, 0.05) is 5.92 Å². The van der Waals surface area contributed by atoms with Crippen LogP contribution in [0.3, 0.4) is 0 Å². The van der Waals surface area contributed by atoms with Crippen LogP contribution in [0.2, 0.25) is 0 Å². The summed E-state index contributed by atoms with van der Waals surface area (Å²) in [6, 6.07) is 0. The first-order valence-electron chi connectivity index (χ1n) is 5.15. The molecule has 1 heteroatoms. The molecule has 0 heterocycles. The van der Waals surface area contributed by atoms with Crippen molar-refractivity contribution in [1.29, 1.82) is 0 Å². The Kier molecular flexibility index (Phi) is 3.33. The molecule has 14 heavy (non-hydrogen) atoms. The normalized spacial score (nSPS) is 28.3. The molecular weight excluding hydrogens is 172 g/mol. The predicted octanol–water partition coefficient (Wildman–Crippen LogP) is 3.08. The highest BCUT2D eigenvalue weighted by molar-refractivity contribution is 5.29. The molecule has 78 valence electrons. The maximum Gasteiger partial charge on any atom is 0.0692 e. The summed E-state index contributed by atoms with van der Waals surface area (Å²) in [6.07, 6.45) is 8.88. The maximum atomic E-state index is 9.20. The Morgan fingerprint density at radius 1 is 1.64 bits per heavy atom. The van der Waals surface area contributed by atoms with Crippen LogP contribution in [0.25, 0.3) is 0 Å². The Hall–Kier alpha value is -0.820. The van der Waals surface area contributed by atoms with Gasteiger partial charge in [0.15, 0.2) is 0 Å². The number of hydrogen-bond donors (Lipinski definition) is 1. The molecule has 0 saturated carbocycles. The molecule has 1 N–H and O–H groups in total. The minimum atomic E-state index is -0.371. The lowest BCUT2D eigenvalue weighted by Crippen LogP contribution is -2.25. The second kappa shape index (κ2) is 4.14. The summed E-state index contributed by atoms with van der Waals surface area (Å²) >= 11 is 0. The summed E-state index contributed by atoms with van der Waals surface area (Å²) < 4.78 is 0. The van der Waals surface area contributed by atoms with E-state index in [2.05, 4.69) is 38.7 Å². The van der Waals surface area contributed by atoms with E-state index in [0.29, 0.717) is 5.92 Å². The number of aliphatic hydroxyl groups excluding tert-OH is 1. The number of allylic oxidation sites excluding steroid dienone is 4. The molecular formula is C13H20O. The van der Waals surface area contributed by atoms with Crippen molar-refractivity contribution < 1.29 is 5.11 Å². The van der Waals surface area contributed by atoms with Crippen LogP contribution in [0.5, 0.6) is 0 Å². The molecule has 2 unspecified atom stereocenters. The molecule has 0 radical (unpaired) electrons. The summed E-state index contributed by atoms with van der Waals surface area (Å²) in [7, 11) is 0. The van der Waals surface area contributed by atoms with Crippen molar-refractivity contribution in [3.05, 3.63) is 36.5 Å². The number of rotatable bonds is 2. The van der Waals surface area contributed by atoms with Crippen molar-refractivity contribution in [2.24, 2.45) is 11.3 Å². The maximum absolute atomic E-state index is 9.20. The van der Waals surface area contributed by atoms with Crippen LogP contribution in [0.4, 0.5) is 0 Å². The second-order valence-corrected chi connectivity index (χ2v) is 4.77. The van der Waals surface area contributed by atoms with Crippen LogP contribution in [0.1, 0.15) is 27.2 Å². The fourth-order valence-electron chi connectivity index (χ4n) is 1.90. The Balaban J connectivity index is 2.83. The van der Waals surface area contributed by atoms with Crippen molar-refractivity contribution in [3.8, 4) is 0 Å². The first-order chi connectivity index (χ1) is 6.43. The Morgan fingerprint density at radius 2 is 2.29 bits per heavy atom. The van der Waals surface area contributed by atoms with E-state index >= 15 is 0 Å². The lowest BCUT2D eigenvalue weighted by molar-refractivity contribution is 0.240. The van der Waals surface area contributed by atoms with Crippen molar-refractivity contribution in [2.75, 3.05) is 0 Å². The first-order valence-corrected chi connectivity index (χ1v) is 5.15. The van der Waals surface area contributed by atoms with E-state index in [-0.39, 0.29) is 11.5 Å². The van der Waals surface area contributed by atoms with Gasteiger partial charge in [0.25, 0.3) is 0 Å². The van der Waals surface area contributed by atoms with Crippen molar-refractivity contribution in [3.63, 3.8) is 0 Å². The molecule has 0 fully saturated rings. The van der Waals surface area contributed by atoms with E-state index in [9.17, 15) is 5.11 Å². The van der Waals surface area contributed by atoms with Gasteiger partial charge in [-0.15, -0.1) is 0 Å². The van der Waals surface area contributed by atoms with Gasteiger partial charge in [-0.05, 0) is 24.3 Å². The fraction of sp³-hybridized carbons (Fsp3) is 0.538. The molecule has 0 aliphatic heterocycles. The lowest BCUT2D eigenvalue weighted by atomic mass is 9.69. The average molecular weight is 192 g/mol. The third-order valence-corrected chi connectivity index (χ3v) is 2.80. The lowest BCUT2D eigenvalue weighted by Gasteiger charge is -2.35. The first kappa shape index (κ1) is 11.3. The van der Waals surface area contributed by atoms with E-state index in [1.165, 1.54) is 0 Å². The van der Waals surface area contributed by atoms with Crippen LogP contribution >= 0.6 is 0 Å². The van der Waals surface area contributed by atoms with Crippen LogP contribution in [-0.2, 0) is 0 Å². The second-order valence-electron chi connectivity index (χ2n) is 4.77. The smallest absolute Gasteiger partial charge is 0.0692 e. The summed E-state index contributed by atoms with van der Waals surface area (Å²) in [5.74, 6) is 0.349. The minimum absolute atomic E-state index is 0.219. The van der Waals surface area contributed by atoms with Crippen molar-refractivity contribution in [1.82, 2.24) is 0 Å². The van der Waals surface area contributed by atoms with E-state index in [1.807, 2.05) is 6.08 Å². The quantitative estimate of drug-likeness (QED) is 0.667. The fourth-order valence-corrected chi connectivity index (χ4v) is 1.90. The van der Waals surface area contributed by atoms with Gasteiger partial charge in [0.1, 0.15) is 0 Å². The van der Waals surface area contributed by atoms with Gasteiger partial charge in [-0.25, -0.2) is 0 Å². The molecule has 0 aromatic heterocycles. The number of hydrogen-bond acceptors (Lipinski definition) is 1. The highest BCUT2D eigenvalue weighted by atomic mass is 16.3. The zero-order valence-corrected chi connectivity index (χ0v) is 9.33. The Morgan fingerprint density at radius 3 is 2.79 bits per heavy atom. The molecule has 1 aliphatic rings. The predicted molar refractivity (Wildman–Crippen MR) is 61.0 cm³/mol. The van der Waals surface area contributed by atoms with Gasteiger partial charge in [-0.3, -0.25) is 0 Å². The summed E-state index contributed by atoms with van der Waals surface area (Å²) in [5, 5.41) is 9.20. The number of aliphatic hydroxyl groups is 1. The minimum Gasteiger partial charge on any atom is -0.389 e. The summed E-state index contributed by atoms with van der Waals surface area (Å²) in [5.41, 5.74) is 1.36. The molecule has 0 aromatic carbocycles. The van der Waals surface area contributed by atoms with Gasteiger partial charge in [-0.2, -0.15) is 0 Å². The molecule has 0 amide bonds. The van der Waals surface area contributed by atoms with E-state index in [4.69, 9.17) is 0 Å². The van der Waals surface area contributed by atoms with Gasteiger partial charge < -0.3 is 5.11 Å². The highest BCUT2D eigenvalue weighted by Crippen LogP contribution is 2.40. The molecule has 1 rings (SSSR count). The Bertz CT molecular complexity index is 269. The van der Waals surface area contributed by atoms with Crippen LogP contribution < -0.4 is 0 Å². The van der Waals surface area contributed by atoms with E-state index in [0.717, 1.165) is 12.0 Å². The third kappa shape index (κ3) is 2.58. The zero-order chi connectivity index (χ0) is 10.8. The van der Waals surface area contributed by atoms with Gasteiger partial charge in [0.2, 0.25) is 0 Å². The molecule has 1 nitrogen and oxygen atoms in total. The van der Waals surface area contributed by atoms with Gasteiger partial charge >= 0.3 is 0 Å². The molecule has 0 saturated heterocycles. The molecule has 0 aromatic rings. The average Bonchev–Trinajstić information content (AvgIpc) is 2.01. The summed E-state index contributed by atoms with van der Waals surface area (Å²) in [4.78, 5) is 0. The Labute approximate surface area is 86.8 Å². The van der Waals surface area contributed by atoms with Crippen LogP contribution in [0.15, 0.2) is 36.5 Å². The summed E-state index contributed by atoms with van der Waals surface area (Å²) in [6.45, 7) is 10.3. The molecule has 2 atom stereocenters. The van der Waals surface area contributed by atoms with Crippen molar-refractivity contribution >= 4 is 0 Å². The zero-order valence-electron chi connectivity index (χ0n) is 9.33. The van der Waals surface area contributed by atoms with E-state index < -0.39 is 0 Å². The van der Waals surface area contributed by atoms with Gasteiger partial charge in [-0.1, -0.05) is 44.7 Å². The highest BCUT2D eigenvalue weighted by Gasteiger charge is 2.30. The largest absolute Gasteiger partial charge is 0.389 e. The molecule has 0 spiro atoms. The third-order valence-electron chi connectivity index (χ3n) is 2.80. The van der Waals surface area contributed by atoms with E-state index in [1.54, 1.807) is 6.92 Å². The van der Waals surface area contributed by atoms with Gasteiger partial charge in [0.05, 0.1) is 6.10 Å². The SMILES string of the molecule is C=C1C=CCC(C)(C)C1/C=C/C(C)O. The monoisotopic (exact) mass is 192 g/mol. The topological polar surface area (TPSA) is 20.2 Å². The molecule has 0 bridgehead atoms. The molecule has 1 aliphatic carbocycles. The van der Waals surface area contributed by atoms with Crippen LogP contribution in [-0.4, -0.2) is 11.2 Å². The van der Waals surface area contributed by atoms with Crippen LogP contribution in [0, 0.1) is 11.3 Å². The standard InChI is InChI=1S/C13H20O/c1-10-6-5-9-13(3,4)12(10)8-7-11(2)14/h5-8,11-12,14H,1,9H2,2-4H3/b8-7+. The van der Waals surface area contributed by atoms with Crippen molar-refractivity contribution in [2.45, 2.75) is 33.3 Å².